The molecule has 1 unspecified atom stereocenters. The summed E-state index contributed by atoms with van der Waals surface area (Å²) in [4.78, 5) is 27.5. The first-order valence-electron chi connectivity index (χ1n) is 7.15. The van der Waals surface area contributed by atoms with Gasteiger partial charge in [0.2, 0.25) is 0 Å². The van der Waals surface area contributed by atoms with E-state index >= 15 is 0 Å². The zero-order chi connectivity index (χ0) is 16.0. The molecule has 21 heavy (non-hydrogen) atoms. The molecule has 0 fully saturated rings. The maximum atomic E-state index is 12.3. The van der Waals surface area contributed by atoms with Crippen LogP contribution in [0.5, 0.6) is 0 Å². The second kappa shape index (κ2) is 7.78. The lowest BCUT2D eigenvalue weighted by Crippen LogP contribution is -2.30. The Bertz CT molecular complexity index is 500. The van der Waals surface area contributed by atoms with Gasteiger partial charge in [0, 0.05) is 38.3 Å². The summed E-state index contributed by atoms with van der Waals surface area (Å²) in [5.41, 5.74) is 0.993. The van der Waals surface area contributed by atoms with Crippen molar-refractivity contribution >= 4 is 11.8 Å². The van der Waals surface area contributed by atoms with Gasteiger partial charge in [0.1, 0.15) is 0 Å². The van der Waals surface area contributed by atoms with Crippen molar-refractivity contribution in [1.29, 1.82) is 0 Å². The molecule has 0 aliphatic carbocycles. The van der Waals surface area contributed by atoms with Gasteiger partial charge in [0.15, 0.2) is 0 Å². The molecule has 1 aromatic rings. The molecule has 0 heterocycles. The third-order valence-electron chi connectivity index (χ3n) is 3.41. The molecule has 0 aliphatic rings. The maximum absolute atomic E-state index is 12.3. The average Bonchev–Trinajstić information content (AvgIpc) is 2.50. The highest BCUT2D eigenvalue weighted by atomic mass is 16.3. The third kappa shape index (κ3) is 4.86. The van der Waals surface area contributed by atoms with Crippen LogP contribution >= 0.6 is 0 Å². The largest absolute Gasteiger partial charge is 0.393 e. The number of amides is 2. The van der Waals surface area contributed by atoms with E-state index in [4.69, 9.17) is 0 Å². The van der Waals surface area contributed by atoms with Gasteiger partial charge in [-0.3, -0.25) is 9.59 Å². The Labute approximate surface area is 126 Å². The van der Waals surface area contributed by atoms with E-state index in [1.54, 1.807) is 55.1 Å². The predicted molar refractivity (Wildman–Crippen MR) is 82.3 cm³/mol. The minimum atomic E-state index is -0.439. The molecule has 0 aliphatic heterocycles. The van der Waals surface area contributed by atoms with Gasteiger partial charge in [-0.15, -0.1) is 0 Å². The summed E-state index contributed by atoms with van der Waals surface area (Å²) in [5.74, 6) is -0.247. The number of benzene rings is 1. The van der Waals surface area contributed by atoms with Crippen LogP contribution in [-0.2, 0) is 0 Å². The number of rotatable bonds is 6. The topological polar surface area (TPSA) is 60.9 Å². The Kier molecular flexibility index (Phi) is 6.37. The number of hydrogen-bond acceptors (Lipinski definition) is 3. The van der Waals surface area contributed by atoms with E-state index in [2.05, 4.69) is 0 Å². The molecule has 0 saturated carbocycles. The second-order valence-electron chi connectivity index (χ2n) is 5.26. The Hall–Kier alpha value is -1.88. The monoisotopic (exact) mass is 292 g/mol. The van der Waals surface area contributed by atoms with Crippen molar-refractivity contribution in [2.45, 2.75) is 26.4 Å². The van der Waals surface area contributed by atoms with Gasteiger partial charge >= 0.3 is 0 Å². The van der Waals surface area contributed by atoms with E-state index in [0.717, 1.165) is 0 Å². The summed E-state index contributed by atoms with van der Waals surface area (Å²) in [7, 11) is 3.42. The van der Waals surface area contributed by atoms with Crippen molar-refractivity contribution in [3.05, 3.63) is 35.4 Å². The summed E-state index contributed by atoms with van der Waals surface area (Å²) < 4.78 is 0. The fourth-order valence-corrected chi connectivity index (χ4v) is 1.85. The number of carbonyl (C=O) groups excluding carboxylic acids is 2. The van der Waals surface area contributed by atoms with Crippen LogP contribution in [0.1, 0.15) is 41.0 Å². The molecule has 5 nitrogen and oxygen atoms in total. The smallest absolute Gasteiger partial charge is 0.253 e. The Morgan fingerprint density at radius 3 is 2.14 bits per heavy atom. The van der Waals surface area contributed by atoms with Crippen LogP contribution in [0.25, 0.3) is 0 Å². The van der Waals surface area contributed by atoms with E-state index < -0.39 is 6.10 Å². The molecular weight excluding hydrogens is 268 g/mol. The van der Waals surface area contributed by atoms with E-state index in [9.17, 15) is 14.7 Å². The molecule has 0 radical (unpaired) electrons. The zero-order valence-corrected chi connectivity index (χ0v) is 13.2. The average molecular weight is 292 g/mol. The molecule has 0 aromatic heterocycles. The number of aliphatic hydroxyl groups is 1. The van der Waals surface area contributed by atoms with Crippen LogP contribution in [0, 0.1) is 0 Å². The minimum Gasteiger partial charge on any atom is -0.393 e. The third-order valence-corrected chi connectivity index (χ3v) is 3.41. The summed E-state index contributed by atoms with van der Waals surface area (Å²) in [6.07, 6.45) is 0.0887. The lowest BCUT2D eigenvalue weighted by molar-refractivity contribution is 0.0769. The Balaban J connectivity index is 2.84. The molecule has 1 atom stereocenters. The molecule has 1 N–H and O–H groups in total. The van der Waals surface area contributed by atoms with Gasteiger partial charge < -0.3 is 14.9 Å². The van der Waals surface area contributed by atoms with Gasteiger partial charge in [-0.05, 0) is 38.5 Å². The molecule has 1 rings (SSSR count). The van der Waals surface area contributed by atoms with Crippen LogP contribution in [0.3, 0.4) is 0 Å². The molecule has 116 valence electrons. The van der Waals surface area contributed by atoms with Crippen molar-refractivity contribution in [3.63, 3.8) is 0 Å². The molecule has 1 aromatic carbocycles. The fourth-order valence-electron chi connectivity index (χ4n) is 1.85. The summed E-state index contributed by atoms with van der Waals surface area (Å²) in [5, 5.41) is 9.27. The Morgan fingerprint density at radius 1 is 1.14 bits per heavy atom. The predicted octanol–water partition coefficient (Wildman–Crippen LogP) is 1.62. The van der Waals surface area contributed by atoms with Crippen molar-refractivity contribution < 1.29 is 14.7 Å². The van der Waals surface area contributed by atoms with Crippen LogP contribution < -0.4 is 0 Å². The highest BCUT2D eigenvalue weighted by Crippen LogP contribution is 2.10. The van der Waals surface area contributed by atoms with Crippen LogP contribution in [-0.4, -0.2) is 60.0 Å². The number of nitrogens with zero attached hydrogens (tertiary/aromatic N) is 2. The van der Waals surface area contributed by atoms with Crippen LogP contribution in [0.15, 0.2) is 24.3 Å². The van der Waals surface area contributed by atoms with E-state index in [0.29, 0.717) is 30.6 Å². The first-order chi connectivity index (χ1) is 9.86. The quantitative estimate of drug-likeness (QED) is 0.866. The second-order valence-corrected chi connectivity index (χ2v) is 5.26. The first-order valence-corrected chi connectivity index (χ1v) is 7.15. The van der Waals surface area contributed by atoms with Crippen molar-refractivity contribution in [2.24, 2.45) is 0 Å². The molecule has 2 amide bonds. The maximum Gasteiger partial charge on any atom is 0.253 e. The molecular formula is C16H24N2O3. The number of hydrogen-bond donors (Lipinski definition) is 1. The highest BCUT2D eigenvalue weighted by Gasteiger charge is 2.15. The number of carbonyl (C=O) groups is 2. The molecule has 0 bridgehead atoms. The summed E-state index contributed by atoms with van der Waals surface area (Å²) in [6, 6.07) is 6.74. The van der Waals surface area contributed by atoms with Gasteiger partial charge in [0.25, 0.3) is 11.8 Å². The standard InChI is InChI=1S/C16H24N2O3/c1-5-17(3)15(20)13-7-6-8-14(11-13)16(21)18(4)10-9-12(2)19/h6-8,11-12,19H,5,9-10H2,1-4H3. The van der Waals surface area contributed by atoms with Crippen LogP contribution in [0.4, 0.5) is 0 Å². The molecule has 0 spiro atoms. The van der Waals surface area contributed by atoms with E-state index in [1.807, 2.05) is 6.92 Å². The first kappa shape index (κ1) is 17.2. The zero-order valence-electron chi connectivity index (χ0n) is 13.2. The van der Waals surface area contributed by atoms with Gasteiger partial charge in [0.05, 0.1) is 6.10 Å². The lowest BCUT2D eigenvalue weighted by Gasteiger charge is -2.19. The van der Waals surface area contributed by atoms with Crippen molar-refractivity contribution in [2.75, 3.05) is 27.2 Å². The minimum absolute atomic E-state index is 0.0983. The fraction of sp³-hybridized carbons (Fsp3) is 0.500. The SMILES string of the molecule is CCN(C)C(=O)c1cccc(C(=O)N(C)CCC(C)O)c1. The van der Waals surface area contributed by atoms with Gasteiger partial charge in [-0.1, -0.05) is 6.07 Å². The van der Waals surface area contributed by atoms with E-state index in [-0.39, 0.29) is 11.8 Å². The van der Waals surface area contributed by atoms with Gasteiger partial charge in [-0.25, -0.2) is 0 Å². The van der Waals surface area contributed by atoms with Gasteiger partial charge in [-0.2, -0.15) is 0 Å². The Morgan fingerprint density at radius 2 is 1.67 bits per heavy atom. The normalized spacial score (nSPS) is 11.9. The number of aliphatic hydroxyl groups excluding tert-OH is 1. The van der Waals surface area contributed by atoms with Crippen molar-refractivity contribution in [1.82, 2.24) is 9.80 Å². The lowest BCUT2D eigenvalue weighted by atomic mass is 10.1. The van der Waals surface area contributed by atoms with E-state index in [1.165, 1.54) is 0 Å². The van der Waals surface area contributed by atoms with Crippen LogP contribution in [0.2, 0.25) is 0 Å². The summed E-state index contributed by atoms with van der Waals surface area (Å²) >= 11 is 0. The highest BCUT2D eigenvalue weighted by molar-refractivity contribution is 5.99. The molecule has 0 saturated heterocycles. The van der Waals surface area contributed by atoms with Crippen molar-refractivity contribution in [3.8, 4) is 0 Å². The molecule has 5 heteroatoms. The summed E-state index contributed by atoms with van der Waals surface area (Å²) in [6.45, 7) is 4.68.